The van der Waals surface area contributed by atoms with E-state index < -0.39 is 11.7 Å². The van der Waals surface area contributed by atoms with Gasteiger partial charge in [-0.05, 0) is 43.2 Å². The fourth-order valence-corrected chi connectivity index (χ4v) is 2.29. The van der Waals surface area contributed by atoms with Crippen molar-refractivity contribution in [2.45, 2.75) is 13.8 Å². The second-order valence-electron chi connectivity index (χ2n) is 5.69. The molecule has 0 unspecified atom stereocenters. The minimum atomic E-state index is -0.449. The molecule has 0 atom stereocenters. The van der Waals surface area contributed by atoms with E-state index in [4.69, 9.17) is 0 Å². The van der Waals surface area contributed by atoms with Crippen molar-refractivity contribution < 1.29 is 9.18 Å². The highest BCUT2D eigenvalue weighted by atomic mass is 19.1. The molecule has 6 heteroatoms. The Morgan fingerprint density at radius 1 is 1.16 bits per heavy atom. The summed E-state index contributed by atoms with van der Waals surface area (Å²) in [4.78, 5) is 12.1. The molecule has 3 aromatic rings. The van der Waals surface area contributed by atoms with Gasteiger partial charge in [0.1, 0.15) is 11.5 Å². The first kappa shape index (κ1) is 16.6. The summed E-state index contributed by atoms with van der Waals surface area (Å²) in [6, 6.07) is 13.8. The highest BCUT2D eigenvalue weighted by molar-refractivity contribution is 5.94. The van der Waals surface area contributed by atoms with E-state index in [9.17, 15) is 9.18 Å². The molecular weight excluding hydrogens is 319 g/mol. The van der Waals surface area contributed by atoms with Gasteiger partial charge >= 0.3 is 0 Å². The maximum absolute atomic E-state index is 13.5. The SMILES string of the molecule is Cc1ccc(-c2cc(C(=O)N/N=C/c3ccccc3F)[nH]n2)cc1C. The molecule has 0 fully saturated rings. The highest BCUT2D eigenvalue weighted by Crippen LogP contribution is 2.20. The van der Waals surface area contributed by atoms with Gasteiger partial charge in [-0.2, -0.15) is 10.2 Å². The predicted octanol–water partition coefficient (Wildman–Crippen LogP) is 3.60. The van der Waals surface area contributed by atoms with Gasteiger partial charge in [0.2, 0.25) is 0 Å². The summed E-state index contributed by atoms with van der Waals surface area (Å²) < 4.78 is 13.5. The number of aromatic nitrogens is 2. The van der Waals surface area contributed by atoms with Crippen molar-refractivity contribution >= 4 is 12.1 Å². The Kier molecular flexibility index (Phi) is 4.70. The molecule has 0 saturated heterocycles. The zero-order valence-electron chi connectivity index (χ0n) is 13.9. The lowest BCUT2D eigenvalue weighted by Gasteiger charge is -2.01. The van der Waals surface area contributed by atoms with Gasteiger partial charge in [-0.3, -0.25) is 9.89 Å². The number of hydrogen-bond donors (Lipinski definition) is 2. The number of hydrogen-bond acceptors (Lipinski definition) is 3. The van der Waals surface area contributed by atoms with Crippen LogP contribution in [0.4, 0.5) is 4.39 Å². The van der Waals surface area contributed by atoms with Gasteiger partial charge in [-0.15, -0.1) is 0 Å². The average molecular weight is 336 g/mol. The van der Waals surface area contributed by atoms with Crippen molar-refractivity contribution in [3.05, 3.63) is 76.7 Å². The van der Waals surface area contributed by atoms with Crippen molar-refractivity contribution in [3.63, 3.8) is 0 Å². The molecule has 1 heterocycles. The zero-order valence-corrected chi connectivity index (χ0v) is 13.9. The first-order valence-electron chi connectivity index (χ1n) is 7.75. The predicted molar refractivity (Wildman–Crippen MR) is 95.0 cm³/mol. The molecule has 25 heavy (non-hydrogen) atoms. The number of H-pyrrole nitrogens is 1. The van der Waals surface area contributed by atoms with Gasteiger partial charge < -0.3 is 0 Å². The maximum atomic E-state index is 13.5. The molecule has 0 saturated carbocycles. The lowest BCUT2D eigenvalue weighted by Crippen LogP contribution is -2.18. The number of nitrogens with one attached hydrogen (secondary N) is 2. The number of nitrogens with zero attached hydrogens (tertiary/aromatic N) is 2. The monoisotopic (exact) mass is 336 g/mol. The molecule has 126 valence electrons. The van der Waals surface area contributed by atoms with Gasteiger partial charge in [0.05, 0.1) is 11.9 Å². The Bertz CT molecular complexity index is 946. The van der Waals surface area contributed by atoms with Gasteiger partial charge in [-0.1, -0.05) is 30.3 Å². The molecule has 2 N–H and O–H groups in total. The minimum Gasteiger partial charge on any atom is -0.272 e. The third-order valence-electron chi connectivity index (χ3n) is 3.90. The van der Waals surface area contributed by atoms with Crippen LogP contribution in [0.5, 0.6) is 0 Å². The molecule has 0 aliphatic rings. The molecule has 0 spiro atoms. The fraction of sp³-hybridized carbons (Fsp3) is 0.105. The number of aromatic amines is 1. The van der Waals surface area contributed by atoms with E-state index >= 15 is 0 Å². The number of aryl methyl sites for hydroxylation is 2. The highest BCUT2D eigenvalue weighted by Gasteiger charge is 2.11. The standard InChI is InChI=1S/C19H17FN4O/c1-12-7-8-14(9-13(12)2)17-10-18(23-22-17)19(25)24-21-11-15-5-3-4-6-16(15)20/h3-11H,1-2H3,(H,22,23)(H,24,25)/b21-11+. The van der Waals surface area contributed by atoms with Crippen LogP contribution in [0.1, 0.15) is 27.2 Å². The van der Waals surface area contributed by atoms with Crippen LogP contribution < -0.4 is 5.43 Å². The lowest BCUT2D eigenvalue weighted by atomic mass is 10.0. The normalized spacial score (nSPS) is 11.0. The van der Waals surface area contributed by atoms with E-state index in [-0.39, 0.29) is 5.69 Å². The summed E-state index contributed by atoms with van der Waals surface area (Å²) in [5.41, 5.74) is 6.87. The first-order valence-corrected chi connectivity index (χ1v) is 7.75. The molecular formula is C19H17FN4O. The summed E-state index contributed by atoms with van der Waals surface area (Å²) >= 11 is 0. The van der Waals surface area contributed by atoms with E-state index in [0.29, 0.717) is 11.3 Å². The number of halogens is 1. The van der Waals surface area contributed by atoms with Crippen LogP contribution in [-0.4, -0.2) is 22.3 Å². The Morgan fingerprint density at radius 2 is 1.96 bits per heavy atom. The summed E-state index contributed by atoms with van der Waals surface area (Å²) in [5, 5.41) is 10.6. The van der Waals surface area contributed by atoms with Gasteiger partial charge in [0.25, 0.3) is 5.91 Å². The van der Waals surface area contributed by atoms with E-state index in [1.54, 1.807) is 24.3 Å². The summed E-state index contributed by atoms with van der Waals surface area (Å²) in [5.74, 6) is -0.853. The van der Waals surface area contributed by atoms with Crippen molar-refractivity contribution in [2.75, 3.05) is 0 Å². The summed E-state index contributed by atoms with van der Waals surface area (Å²) in [6.07, 6.45) is 1.26. The molecule has 0 aliphatic heterocycles. The molecule has 1 amide bonds. The quantitative estimate of drug-likeness (QED) is 0.564. The zero-order chi connectivity index (χ0) is 17.8. The van der Waals surface area contributed by atoms with Crippen LogP contribution in [0.3, 0.4) is 0 Å². The Morgan fingerprint density at radius 3 is 2.72 bits per heavy atom. The lowest BCUT2D eigenvalue weighted by molar-refractivity contribution is 0.0950. The van der Waals surface area contributed by atoms with Crippen molar-refractivity contribution in [1.29, 1.82) is 0 Å². The number of carbonyl (C=O) groups excluding carboxylic acids is 1. The van der Waals surface area contributed by atoms with E-state index in [1.807, 2.05) is 32.0 Å². The topological polar surface area (TPSA) is 70.1 Å². The number of hydrazone groups is 1. The smallest absolute Gasteiger partial charge is 0.272 e. The Labute approximate surface area is 144 Å². The second-order valence-corrected chi connectivity index (χ2v) is 5.69. The molecule has 2 aromatic carbocycles. The largest absolute Gasteiger partial charge is 0.289 e. The van der Waals surface area contributed by atoms with Crippen LogP contribution in [0.15, 0.2) is 53.6 Å². The molecule has 5 nitrogen and oxygen atoms in total. The van der Waals surface area contributed by atoms with Gasteiger partial charge in [0.15, 0.2) is 0 Å². The number of benzene rings is 2. The average Bonchev–Trinajstić information content (AvgIpc) is 3.09. The van der Waals surface area contributed by atoms with Crippen LogP contribution in [0.2, 0.25) is 0 Å². The Balaban J connectivity index is 1.70. The van der Waals surface area contributed by atoms with Crippen molar-refractivity contribution in [2.24, 2.45) is 5.10 Å². The number of carbonyl (C=O) groups is 1. The molecule has 0 bridgehead atoms. The van der Waals surface area contributed by atoms with Crippen LogP contribution in [-0.2, 0) is 0 Å². The number of amides is 1. The van der Waals surface area contributed by atoms with Gasteiger partial charge in [0, 0.05) is 11.1 Å². The van der Waals surface area contributed by atoms with E-state index in [2.05, 4.69) is 20.7 Å². The molecule has 3 rings (SSSR count). The minimum absolute atomic E-state index is 0.277. The van der Waals surface area contributed by atoms with Crippen LogP contribution in [0.25, 0.3) is 11.3 Å². The van der Waals surface area contributed by atoms with Crippen molar-refractivity contribution in [1.82, 2.24) is 15.6 Å². The van der Waals surface area contributed by atoms with Crippen LogP contribution >= 0.6 is 0 Å². The van der Waals surface area contributed by atoms with Crippen LogP contribution in [0, 0.1) is 19.7 Å². The van der Waals surface area contributed by atoms with E-state index in [0.717, 1.165) is 11.1 Å². The second kappa shape index (κ2) is 7.09. The molecule has 0 aliphatic carbocycles. The molecule has 0 radical (unpaired) electrons. The van der Waals surface area contributed by atoms with Crippen molar-refractivity contribution in [3.8, 4) is 11.3 Å². The first-order chi connectivity index (χ1) is 12.0. The Hall–Kier alpha value is -3.28. The third-order valence-corrected chi connectivity index (χ3v) is 3.90. The summed E-state index contributed by atoms with van der Waals surface area (Å²) in [6.45, 7) is 4.06. The van der Waals surface area contributed by atoms with Gasteiger partial charge in [-0.25, -0.2) is 9.82 Å². The molecule has 1 aromatic heterocycles. The summed E-state index contributed by atoms with van der Waals surface area (Å²) in [7, 11) is 0. The number of rotatable bonds is 4. The fourth-order valence-electron chi connectivity index (χ4n) is 2.29. The maximum Gasteiger partial charge on any atom is 0.289 e. The van der Waals surface area contributed by atoms with E-state index in [1.165, 1.54) is 17.8 Å². The third kappa shape index (κ3) is 3.80.